The minimum Gasteiger partial charge on any atom is -0.345 e. The Morgan fingerprint density at radius 3 is 2.55 bits per heavy atom. The van der Waals surface area contributed by atoms with E-state index in [4.69, 9.17) is 10.1 Å². The van der Waals surface area contributed by atoms with Gasteiger partial charge in [-0.05, 0) is 42.9 Å². The number of rotatable bonds is 12. The number of amides is 2. The van der Waals surface area contributed by atoms with Crippen molar-refractivity contribution in [2.45, 2.75) is 51.7 Å². The number of carbonyl (C=O) groups excluding carboxylic acids is 2. The largest absolute Gasteiger partial charge is 0.345 e. The van der Waals surface area contributed by atoms with Crippen molar-refractivity contribution in [1.82, 2.24) is 10.8 Å². The van der Waals surface area contributed by atoms with E-state index >= 15 is 0 Å². The quantitative estimate of drug-likeness (QED) is 0.401. The second-order valence-corrected chi connectivity index (χ2v) is 7.22. The van der Waals surface area contributed by atoms with Gasteiger partial charge in [0.2, 0.25) is 5.91 Å². The van der Waals surface area contributed by atoms with E-state index in [1.807, 2.05) is 66.7 Å². The van der Waals surface area contributed by atoms with E-state index in [1.54, 1.807) is 6.92 Å². The van der Waals surface area contributed by atoms with Crippen LogP contribution in [0.2, 0.25) is 0 Å². The van der Waals surface area contributed by atoms with Gasteiger partial charge in [-0.2, -0.15) is 5.26 Å². The Morgan fingerprint density at radius 1 is 1.10 bits per heavy atom. The fourth-order valence-electron chi connectivity index (χ4n) is 2.83. The van der Waals surface area contributed by atoms with Crippen LogP contribution in [-0.4, -0.2) is 17.9 Å². The Hall–Kier alpha value is -3.43. The molecule has 0 saturated carbocycles. The summed E-state index contributed by atoms with van der Waals surface area (Å²) >= 11 is 0. The molecule has 0 radical (unpaired) electrons. The Labute approximate surface area is 183 Å². The van der Waals surface area contributed by atoms with E-state index in [9.17, 15) is 9.59 Å². The Kier molecular flexibility index (Phi) is 10.6. The number of hydroxylamine groups is 1. The van der Waals surface area contributed by atoms with Crippen molar-refractivity contribution in [2.24, 2.45) is 0 Å². The number of hydrogen-bond donors (Lipinski definition) is 2. The predicted molar refractivity (Wildman–Crippen MR) is 120 cm³/mol. The molecule has 1 atom stereocenters. The zero-order valence-electron chi connectivity index (χ0n) is 17.8. The Bertz CT molecular complexity index is 886. The van der Waals surface area contributed by atoms with E-state index in [-0.39, 0.29) is 18.4 Å². The predicted octanol–water partition coefficient (Wildman–Crippen LogP) is 4.08. The van der Waals surface area contributed by atoms with E-state index in [1.165, 1.54) is 0 Å². The third-order valence-electron chi connectivity index (χ3n) is 4.62. The van der Waals surface area contributed by atoms with E-state index in [0.29, 0.717) is 19.3 Å². The second-order valence-electron chi connectivity index (χ2n) is 7.22. The smallest absolute Gasteiger partial charge is 0.265 e. The fraction of sp³-hybridized carbons (Fsp3) is 0.320. The van der Waals surface area contributed by atoms with Crippen LogP contribution in [0.1, 0.15) is 49.3 Å². The van der Waals surface area contributed by atoms with Gasteiger partial charge in [-0.15, -0.1) is 0 Å². The second kappa shape index (κ2) is 13.7. The van der Waals surface area contributed by atoms with Crippen LogP contribution in [0.3, 0.4) is 0 Å². The highest BCUT2D eigenvalue weighted by Gasteiger charge is 2.15. The van der Waals surface area contributed by atoms with Gasteiger partial charge in [0.25, 0.3) is 5.91 Å². The van der Waals surface area contributed by atoms with Gasteiger partial charge in [0.15, 0.2) is 0 Å². The molecule has 162 valence electrons. The lowest BCUT2D eigenvalue weighted by molar-refractivity contribution is -0.138. The van der Waals surface area contributed by atoms with Crippen molar-refractivity contribution >= 4 is 17.9 Å². The molecule has 2 aromatic rings. The van der Waals surface area contributed by atoms with Gasteiger partial charge in [-0.25, -0.2) is 5.48 Å². The molecule has 6 nitrogen and oxygen atoms in total. The molecule has 0 aromatic heterocycles. The Balaban J connectivity index is 1.59. The number of nitrogens with one attached hydrogen (secondary N) is 2. The first-order valence-electron chi connectivity index (χ1n) is 10.5. The number of hydrogen-bond acceptors (Lipinski definition) is 4. The van der Waals surface area contributed by atoms with Crippen molar-refractivity contribution in [1.29, 1.82) is 5.26 Å². The van der Waals surface area contributed by atoms with Gasteiger partial charge in [0.05, 0.1) is 12.7 Å². The van der Waals surface area contributed by atoms with Crippen molar-refractivity contribution in [3.63, 3.8) is 0 Å². The number of benzene rings is 2. The maximum atomic E-state index is 12.0. The third kappa shape index (κ3) is 9.75. The molecule has 0 fully saturated rings. The molecule has 6 heteroatoms. The van der Waals surface area contributed by atoms with Crippen LogP contribution in [0.25, 0.3) is 6.08 Å². The minimum atomic E-state index is -0.668. The first-order chi connectivity index (χ1) is 15.1. The molecule has 2 amide bonds. The van der Waals surface area contributed by atoms with Crippen LogP contribution in [0.5, 0.6) is 0 Å². The molecule has 0 saturated heterocycles. The SMILES string of the molecule is CC(NC(=O)CCC/C=C/c1ccc(CCC#N)cc1)C(=O)NOCc1ccccc1. The molecule has 2 aromatic carbocycles. The van der Waals surface area contributed by atoms with Crippen LogP contribution in [0.4, 0.5) is 0 Å². The average Bonchev–Trinajstić information content (AvgIpc) is 2.78. The van der Waals surface area contributed by atoms with E-state index < -0.39 is 6.04 Å². The topological polar surface area (TPSA) is 91.2 Å². The number of nitrogens with zero attached hydrogens (tertiary/aromatic N) is 1. The molecule has 1 unspecified atom stereocenters. The highest BCUT2D eigenvalue weighted by molar-refractivity contribution is 5.86. The van der Waals surface area contributed by atoms with Crippen molar-refractivity contribution in [2.75, 3.05) is 0 Å². The van der Waals surface area contributed by atoms with Gasteiger partial charge in [-0.3, -0.25) is 14.4 Å². The van der Waals surface area contributed by atoms with Crippen LogP contribution in [0, 0.1) is 11.3 Å². The molecule has 0 aliphatic rings. The summed E-state index contributed by atoms with van der Waals surface area (Å²) < 4.78 is 0. The maximum Gasteiger partial charge on any atom is 0.265 e. The van der Waals surface area contributed by atoms with Crippen LogP contribution in [-0.2, 0) is 27.5 Å². The van der Waals surface area contributed by atoms with Crippen molar-refractivity contribution in [3.8, 4) is 6.07 Å². The number of carbonyl (C=O) groups is 2. The highest BCUT2D eigenvalue weighted by Crippen LogP contribution is 2.09. The molecular formula is C25H29N3O3. The van der Waals surface area contributed by atoms with Crippen molar-refractivity contribution < 1.29 is 14.4 Å². The van der Waals surface area contributed by atoms with Gasteiger partial charge < -0.3 is 5.32 Å². The molecule has 0 bridgehead atoms. The van der Waals surface area contributed by atoms with E-state index in [2.05, 4.69) is 16.9 Å². The molecule has 2 N–H and O–H groups in total. The first kappa shape index (κ1) is 23.8. The normalized spacial score (nSPS) is 11.6. The van der Waals surface area contributed by atoms with Gasteiger partial charge in [0, 0.05) is 12.8 Å². The number of nitriles is 1. The van der Waals surface area contributed by atoms with Gasteiger partial charge >= 0.3 is 0 Å². The van der Waals surface area contributed by atoms with Crippen LogP contribution in [0.15, 0.2) is 60.7 Å². The molecule has 0 heterocycles. The molecular weight excluding hydrogens is 390 g/mol. The lowest BCUT2D eigenvalue weighted by Gasteiger charge is -2.14. The van der Waals surface area contributed by atoms with Gasteiger partial charge in [-0.1, -0.05) is 66.7 Å². The lowest BCUT2D eigenvalue weighted by Crippen LogP contribution is -2.44. The zero-order valence-corrected chi connectivity index (χ0v) is 17.8. The summed E-state index contributed by atoms with van der Waals surface area (Å²) in [6.07, 6.45) is 7.16. The summed E-state index contributed by atoms with van der Waals surface area (Å²) in [6.45, 7) is 1.89. The number of allylic oxidation sites excluding steroid dienone is 1. The monoisotopic (exact) mass is 419 g/mol. The number of unbranched alkanes of at least 4 members (excludes halogenated alkanes) is 1. The summed E-state index contributed by atoms with van der Waals surface area (Å²) in [7, 11) is 0. The van der Waals surface area contributed by atoms with E-state index in [0.717, 1.165) is 29.5 Å². The summed E-state index contributed by atoms with van der Waals surface area (Å²) in [4.78, 5) is 29.2. The molecule has 31 heavy (non-hydrogen) atoms. The fourth-order valence-corrected chi connectivity index (χ4v) is 2.83. The highest BCUT2D eigenvalue weighted by atomic mass is 16.6. The first-order valence-corrected chi connectivity index (χ1v) is 10.5. The molecule has 0 spiro atoms. The van der Waals surface area contributed by atoms with Crippen molar-refractivity contribution in [3.05, 3.63) is 77.4 Å². The minimum absolute atomic E-state index is 0.166. The molecule has 2 rings (SSSR count). The summed E-state index contributed by atoms with van der Waals surface area (Å²) in [6, 6.07) is 19.1. The Morgan fingerprint density at radius 2 is 1.84 bits per heavy atom. The third-order valence-corrected chi connectivity index (χ3v) is 4.62. The lowest BCUT2D eigenvalue weighted by atomic mass is 10.1. The maximum absolute atomic E-state index is 12.0. The van der Waals surface area contributed by atoms with Crippen LogP contribution < -0.4 is 10.8 Å². The molecule has 0 aliphatic heterocycles. The van der Waals surface area contributed by atoms with Gasteiger partial charge in [0.1, 0.15) is 6.04 Å². The molecule has 0 aliphatic carbocycles. The summed E-state index contributed by atoms with van der Waals surface area (Å²) in [5.74, 6) is -0.552. The zero-order chi connectivity index (χ0) is 22.3. The van der Waals surface area contributed by atoms with Crippen LogP contribution >= 0.6 is 0 Å². The number of aryl methyl sites for hydroxylation is 1. The standard InChI is InChI=1S/C25H29N3O3/c1-20(25(30)28-31-19-23-10-5-2-6-11-23)27-24(29)13-7-3-4-9-21-14-16-22(17-15-21)12-8-18-26/h2,4-6,9-11,14-17,20H,3,7-8,12-13,19H2,1H3,(H,27,29)(H,28,30)/b9-4+. The summed E-state index contributed by atoms with van der Waals surface area (Å²) in [5, 5.41) is 11.3. The summed E-state index contributed by atoms with van der Waals surface area (Å²) in [5.41, 5.74) is 5.55. The average molecular weight is 420 g/mol.